The van der Waals surface area contributed by atoms with Crippen LogP contribution in [-0.4, -0.2) is 13.2 Å². The van der Waals surface area contributed by atoms with Crippen LogP contribution >= 0.6 is 7.60 Å². The molecule has 0 N–H and O–H groups in total. The average molecular weight is 418 g/mol. The molecule has 0 spiro atoms. The van der Waals surface area contributed by atoms with E-state index >= 15 is 0 Å². The predicted octanol–water partition coefficient (Wildman–Crippen LogP) is 7.18. The van der Waals surface area contributed by atoms with Gasteiger partial charge in [-0.2, -0.15) is 0 Å². The number of rotatable bonds is 4. The fourth-order valence-electron chi connectivity index (χ4n) is 3.53. The molecule has 1 saturated heterocycles. The Morgan fingerprint density at radius 1 is 0.733 bits per heavy atom. The highest BCUT2D eigenvalue weighted by atomic mass is 31.2. The second-order valence-electron chi connectivity index (χ2n) is 8.53. The Kier molecular flexibility index (Phi) is 5.79. The van der Waals surface area contributed by atoms with E-state index < -0.39 is 7.60 Å². The molecular formula is C26H27O3P. The average Bonchev–Trinajstić information content (AvgIpc) is 2.76. The van der Waals surface area contributed by atoms with Crippen LogP contribution in [0.3, 0.4) is 0 Å². The standard InChI is InChI=1S/C26H27O3P/c1-20-14-16-22(17-15-20)24(21-10-6-4-7-11-21)25(23-12-8-5-9-13-23)30(27)28-18-26(2,3)19-29-30/h4-17H,18-19H2,1-3H3/b25-24-. The van der Waals surface area contributed by atoms with Crippen molar-refractivity contribution in [1.29, 1.82) is 0 Å². The molecule has 1 aliphatic rings. The van der Waals surface area contributed by atoms with Crippen LogP contribution in [0.4, 0.5) is 0 Å². The van der Waals surface area contributed by atoms with Gasteiger partial charge >= 0.3 is 7.60 Å². The largest absolute Gasteiger partial charge is 0.362 e. The first-order valence-corrected chi connectivity index (χ1v) is 11.7. The highest BCUT2D eigenvalue weighted by Crippen LogP contribution is 2.66. The highest BCUT2D eigenvalue weighted by Gasteiger charge is 2.42. The number of hydrogen-bond donors (Lipinski definition) is 0. The second-order valence-corrected chi connectivity index (χ2v) is 10.5. The smallest absolute Gasteiger partial charge is 0.305 e. The van der Waals surface area contributed by atoms with Gasteiger partial charge in [0.2, 0.25) is 0 Å². The summed E-state index contributed by atoms with van der Waals surface area (Å²) in [6.07, 6.45) is 0. The lowest BCUT2D eigenvalue weighted by atomic mass is 9.95. The van der Waals surface area contributed by atoms with E-state index in [0.29, 0.717) is 18.5 Å². The zero-order valence-corrected chi connectivity index (χ0v) is 18.6. The monoisotopic (exact) mass is 418 g/mol. The van der Waals surface area contributed by atoms with E-state index in [2.05, 4.69) is 45.0 Å². The van der Waals surface area contributed by atoms with Gasteiger partial charge in [-0.05, 0) is 23.6 Å². The molecule has 3 aromatic rings. The maximum Gasteiger partial charge on any atom is 0.362 e. The molecule has 0 amide bonds. The molecule has 3 aromatic carbocycles. The van der Waals surface area contributed by atoms with Crippen LogP contribution in [0.5, 0.6) is 0 Å². The predicted molar refractivity (Wildman–Crippen MR) is 123 cm³/mol. The second kappa shape index (κ2) is 8.35. The van der Waals surface area contributed by atoms with Crippen molar-refractivity contribution in [2.75, 3.05) is 13.2 Å². The molecule has 3 nitrogen and oxygen atoms in total. The van der Waals surface area contributed by atoms with E-state index in [9.17, 15) is 4.57 Å². The van der Waals surface area contributed by atoms with Crippen molar-refractivity contribution in [3.8, 4) is 0 Å². The Balaban J connectivity index is 2.01. The molecule has 0 unspecified atom stereocenters. The summed E-state index contributed by atoms with van der Waals surface area (Å²) in [7, 11) is -3.54. The van der Waals surface area contributed by atoms with Crippen LogP contribution in [0.2, 0.25) is 0 Å². The Morgan fingerprint density at radius 2 is 1.20 bits per heavy atom. The molecular weight excluding hydrogens is 391 g/mol. The SMILES string of the molecule is Cc1ccc(/C(=C(/c2ccccc2)P2(=O)OCC(C)(C)CO2)c2ccccc2)cc1. The first kappa shape index (κ1) is 20.8. The van der Waals surface area contributed by atoms with Gasteiger partial charge in [-0.15, -0.1) is 0 Å². The van der Waals surface area contributed by atoms with Gasteiger partial charge in [-0.3, -0.25) is 4.57 Å². The summed E-state index contributed by atoms with van der Waals surface area (Å²) in [4.78, 5) is 0. The van der Waals surface area contributed by atoms with Crippen LogP contribution in [0.1, 0.15) is 36.1 Å². The Bertz CT molecular complexity index is 1070. The van der Waals surface area contributed by atoms with E-state index in [4.69, 9.17) is 9.05 Å². The minimum atomic E-state index is -3.54. The number of benzene rings is 3. The summed E-state index contributed by atoms with van der Waals surface area (Å²) >= 11 is 0. The lowest BCUT2D eigenvalue weighted by molar-refractivity contribution is 0.0468. The third-order valence-electron chi connectivity index (χ3n) is 5.21. The maximum absolute atomic E-state index is 14.2. The Hall–Kier alpha value is -2.45. The molecule has 30 heavy (non-hydrogen) atoms. The first-order chi connectivity index (χ1) is 14.4. The lowest BCUT2D eigenvalue weighted by Gasteiger charge is -2.36. The van der Waals surface area contributed by atoms with Gasteiger partial charge in [0, 0.05) is 11.0 Å². The molecule has 0 atom stereocenters. The fraction of sp³-hybridized carbons (Fsp3) is 0.231. The Labute approximate surface area is 178 Å². The molecule has 1 fully saturated rings. The van der Waals surface area contributed by atoms with Crippen molar-refractivity contribution < 1.29 is 13.6 Å². The summed E-state index contributed by atoms with van der Waals surface area (Å²) in [5.41, 5.74) is 4.69. The lowest BCUT2D eigenvalue weighted by Crippen LogP contribution is -2.29. The molecule has 0 saturated carbocycles. The van der Waals surface area contributed by atoms with Crippen molar-refractivity contribution in [2.24, 2.45) is 5.41 Å². The summed E-state index contributed by atoms with van der Waals surface area (Å²) < 4.78 is 26.2. The molecule has 154 valence electrons. The molecule has 0 bridgehead atoms. The van der Waals surface area contributed by atoms with E-state index in [1.54, 1.807) is 0 Å². The minimum absolute atomic E-state index is 0.174. The van der Waals surface area contributed by atoms with Gasteiger partial charge in [0.15, 0.2) is 0 Å². The maximum atomic E-state index is 14.2. The van der Waals surface area contributed by atoms with Gasteiger partial charge in [-0.1, -0.05) is 104 Å². The third-order valence-corrected chi connectivity index (χ3v) is 7.18. The van der Waals surface area contributed by atoms with E-state index in [1.165, 1.54) is 5.56 Å². The quantitative estimate of drug-likeness (QED) is 0.333. The van der Waals surface area contributed by atoms with E-state index in [0.717, 1.165) is 22.3 Å². The van der Waals surface area contributed by atoms with Gasteiger partial charge in [0.1, 0.15) is 0 Å². The fourth-order valence-corrected chi connectivity index (χ4v) is 5.90. The zero-order valence-electron chi connectivity index (χ0n) is 17.7. The third kappa shape index (κ3) is 4.34. The van der Waals surface area contributed by atoms with Crippen molar-refractivity contribution in [3.63, 3.8) is 0 Å². The van der Waals surface area contributed by atoms with Gasteiger partial charge < -0.3 is 9.05 Å². The van der Waals surface area contributed by atoms with Gasteiger partial charge in [-0.25, -0.2) is 0 Å². The van der Waals surface area contributed by atoms with Crippen LogP contribution < -0.4 is 0 Å². The normalized spacial score (nSPS) is 18.5. The summed E-state index contributed by atoms with van der Waals surface area (Å²) in [6.45, 7) is 6.94. The van der Waals surface area contributed by atoms with Crippen LogP contribution in [0, 0.1) is 12.3 Å². The molecule has 4 rings (SSSR count). The number of hydrogen-bond acceptors (Lipinski definition) is 3. The Morgan fingerprint density at radius 3 is 1.73 bits per heavy atom. The van der Waals surface area contributed by atoms with Gasteiger partial charge in [0.05, 0.1) is 18.5 Å². The highest BCUT2D eigenvalue weighted by molar-refractivity contribution is 7.65. The topological polar surface area (TPSA) is 35.5 Å². The molecule has 0 radical (unpaired) electrons. The minimum Gasteiger partial charge on any atom is -0.305 e. The van der Waals surface area contributed by atoms with Crippen molar-refractivity contribution in [2.45, 2.75) is 20.8 Å². The number of aryl methyl sites for hydroxylation is 1. The molecule has 1 aliphatic heterocycles. The first-order valence-electron chi connectivity index (χ1n) is 10.2. The van der Waals surface area contributed by atoms with Gasteiger partial charge in [0.25, 0.3) is 0 Å². The molecule has 0 aliphatic carbocycles. The summed E-state index contributed by atoms with van der Waals surface area (Å²) in [6, 6.07) is 28.1. The molecule has 0 aromatic heterocycles. The summed E-state index contributed by atoms with van der Waals surface area (Å²) in [5.74, 6) is 0. The zero-order chi connectivity index (χ0) is 21.2. The van der Waals surface area contributed by atoms with E-state index in [1.807, 2.05) is 60.7 Å². The van der Waals surface area contributed by atoms with Crippen LogP contribution in [0.25, 0.3) is 10.9 Å². The van der Waals surface area contributed by atoms with Crippen molar-refractivity contribution >= 4 is 18.5 Å². The molecule has 1 heterocycles. The summed E-state index contributed by atoms with van der Waals surface area (Å²) in [5, 5.41) is 0.619. The van der Waals surface area contributed by atoms with Crippen molar-refractivity contribution in [1.82, 2.24) is 0 Å². The van der Waals surface area contributed by atoms with Crippen LogP contribution in [-0.2, 0) is 13.6 Å². The molecule has 4 heteroatoms. The van der Waals surface area contributed by atoms with Crippen molar-refractivity contribution in [3.05, 3.63) is 107 Å². The van der Waals surface area contributed by atoms with Crippen LogP contribution in [0.15, 0.2) is 84.9 Å². The van der Waals surface area contributed by atoms with E-state index in [-0.39, 0.29) is 5.41 Å².